The monoisotopic (exact) mass is 190 g/mol. The van der Waals surface area contributed by atoms with Crippen LogP contribution in [0, 0.1) is 0 Å². The number of hydrogen-bond donors (Lipinski definition) is 2. The molecule has 5 nitrogen and oxygen atoms in total. The fourth-order valence-corrected chi connectivity index (χ4v) is 1.72. The van der Waals surface area contributed by atoms with Gasteiger partial charge in [0.2, 0.25) is 0 Å². The Morgan fingerprint density at radius 2 is 1.64 bits per heavy atom. The van der Waals surface area contributed by atoms with Crippen LogP contribution in [-0.4, -0.2) is 25.1 Å². The first kappa shape index (κ1) is 7.75. The van der Waals surface area contributed by atoms with Crippen LogP contribution in [0.15, 0.2) is 33.5 Å². The van der Waals surface area contributed by atoms with Crippen molar-refractivity contribution < 1.29 is 4.74 Å². The first-order valence-corrected chi connectivity index (χ1v) is 4.52. The topological polar surface area (TPSA) is 58.0 Å². The Balaban J connectivity index is 1.89. The molecular weight excluding hydrogens is 180 g/mol. The van der Waals surface area contributed by atoms with E-state index in [2.05, 4.69) is 20.6 Å². The van der Waals surface area contributed by atoms with Gasteiger partial charge in [0.25, 0.3) is 0 Å². The third kappa shape index (κ3) is 1.13. The van der Waals surface area contributed by atoms with E-state index in [1.54, 1.807) is 12.7 Å². The molecule has 2 N–H and O–H groups in total. The van der Waals surface area contributed by atoms with E-state index in [-0.39, 0.29) is 12.5 Å². The highest BCUT2D eigenvalue weighted by atomic mass is 16.5. The largest absolute Gasteiger partial charge is 0.353 e. The molecule has 2 unspecified atom stereocenters. The SMILES string of the molecule is C1=NC2OC3N=CNC=C3CC2=CN1. The summed E-state index contributed by atoms with van der Waals surface area (Å²) < 4.78 is 5.68. The van der Waals surface area contributed by atoms with Crippen LogP contribution in [0.3, 0.4) is 0 Å². The Hall–Kier alpha value is -1.62. The smallest absolute Gasteiger partial charge is 0.176 e. The number of aliphatic imine (C=N–C) groups is 2. The quantitative estimate of drug-likeness (QED) is 0.569. The number of hydrogen-bond acceptors (Lipinski definition) is 5. The Bertz CT molecular complexity index is 335. The Kier molecular flexibility index (Phi) is 1.63. The summed E-state index contributed by atoms with van der Waals surface area (Å²) in [5, 5.41) is 5.92. The van der Waals surface area contributed by atoms with Crippen LogP contribution < -0.4 is 10.6 Å². The molecule has 0 bridgehead atoms. The summed E-state index contributed by atoms with van der Waals surface area (Å²) >= 11 is 0. The lowest BCUT2D eigenvalue weighted by Gasteiger charge is -2.32. The lowest BCUT2D eigenvalue weighted by molar-refractivity contribution is 0.0193. The van der Waals surface area contributed by atoms with Crippen LogP contribution in [0.1, 0.15) is 6.42 Å². The van der Waals surface area contributed by atoms with Gasteiger partial charge in [-0.15, -0.1) is 0 Å². The number of nitrogens with zero attached hydrogens (tertiary/aromatic N) is 2. The molecule has 3 heterocycles. The van der Waals surface area contributed by atoms with Crippen LogP contribution in [0.4, 0.5) is 0 Å². The van der Waals surface area contributed by atoms with Gasteiger partial charge in [-0.3, -0.25) is 0 Å². The highest BCUT2D eigenvalue weighted by Gasteiger charge is 2.30. The molecule has 2 atom stereocenters. The number of rotatable bonds is 0. The normalized spacial score (nSPS) is 33.1. The van der Waals surface area contributed by atoms with E-state index in [0.29, 0.717) is 0 Å². The molecule has 0 aliphatic carbocycles. The van der Waals surface area contributed by atoms with E-state index < -0.39 is 0 Å². The fraction of sp³-hybridized carbons (Fsp3) is 0.333. The first-order chi connectivity index (χ1) is 6.93. The average Bonchev–Trinajstić information content (AvgIpc) is 2.26. The molecule has 0 aromatic heterocycles. The average molecular weight is 190 g/mol. The molecule has 3 aliphatic heterocycles. The van der Waals surface area contributed by atoms with E-state index in [1.807, 2.05) is 12.4 Å². The van der Waals surface area contributed by atoms with Crippen molar-refractivity contribution in [2.45, 2.75) is 18.9 Å². The molecule has 0 amide bonds. The van der Waals surface area contributed by atoms with E-state index in [0.717, 1.165) is 17.6 Å². The van der Waals surface area contributed by atoms with Gasteiger partial charge in [-0.25, -0.2) is 9.98 Å². The molecule has 0 spiro atoms. The van der Waals surface area contributed by atoms with Gasteiger partial charge in [-0.1, -0.05) is 0 Å². The minimum Gasteiger partial charge on any atom is -0.353 e. The molecule has 0 saturated carbocycles. The third-order valence-electron chi connectivity index (χ3n) is 2.41. The maximum absolute atomic E-state index is 5.68. The predicted octanol–water partition coefficient (Wildman–Crippen LogP) is 0.0897. The highest BCUT2D eigenvalue weighted by Crippen LogP contribution is 2.30. The van der Waals surface area contributed by atoms with Gasteiger partial charge < -0.3 is 15.4 Å². The second kappa shape index (κ2) is 2.95. The zero-order valence-corrected chi connectivity index (χ0v) is 7.47. The summed E-state index contributed by atoms with van der Waals surface area (Å²) in [6.07, 6.45) is 7.72. The van der Waals surface area contributed by atoms with E-state index >= 15 is 0 Å². The molecular formula is C9H10N4O. The Morgan fingerprint density at radius 3 is 2.21 bits per heavy atom. The molecule has 14 heavy (non-hydrogen) atoms. The molecule has 0 radical (unpaired) electrons. The van der Waals surface area contributed by atoms with Gasteiger partial charge in [0.15, 0.2) is 12.5 Å². The summed E-state index contributed by atoms with van der Waals surface area (Å²) in [4.78, 5) is 8.39. The molecule has 1 saturated heterocycles. The fourth-order valence-electron chi connectivity index (χ4n) is 1.72. The molecule has 3 aliphatic rings. The number of ether oxygens (including phenoxy) is 1. The van der Waals surface area contributed by atoms with E-state index in [1.165, 1.54) is 0 Å². The van der Waals surface area contributed by atoms with Crippen LogP contribution in [0.5, 0.6) is 0 Å². The summed E-state index contributed by atoms with van der Waals surface area (Å²) in [7, 11) is 0. The van der Waals surface area contributed by atoms with E-state index in [4.69, 9.17) is 4.74 Å². The van der Waals surface area contributed by atoms with Crippen molar-refractivity contribution in [2.24, 2.45) is 9.98 Å². The van der Waals surface area contributed by atoms with Crippen molar-refractivity contribution in [3.05, 3.63) is 23.5 Å². The van der Waals surface area contributed by atoms with Crippen LogP contribution in [0.25, 0.3) is 0 Å². The minimum atomic E-state index is -0.159. The summed E-state index contributed by atoms with van der Waals surface area (Å²) in [5.74, 6) is 0. The third-order valence-corrected chi connectivity index (χ3v) is 2.41. The van der Waals surface area contributed by atoms with Crippen molar-refractivity contribution in [1.29, 1.82) is 0 Å². The van der Waals surface area contributed by atoms with Gasteiger partial charge in [0, 0.05) is 30.0 Å². The second-order valence-electron chi connectivity index (χ2n) is 3.35. The van der Waals surface area contributed by atoms with Crippen molar-refractivity contribution in [2.75, 3.05) is 0 Å². The van der Waals surface area contributed by atoms with Crippen LogP contribution in [0.2, 0.25) is 0 Å². The van der Waals surface area contributed by atoms with Gasteiger partial charge in [0.05, 0.1) is 12.7 Å². The Labute approximate surface area is 81.3 Å². The molecule has 1 fully saturated rings. The molecule has 0 aromatic rings. The van der Waals surface area contributed by atoms with Crippen molar-refractivity contribution in [3.63, 3.8) is 0 Å². The number of fused-ring (bicyclic) bond motifs is 2. The van der Waals surface area contributed by atoms with Crippen LogP contribution >= 0.6 is 0 Å². The summed E-state index contributed by atoms with van der Waals surface area (Å²) in [6, 6.07) is 0. The van der Waals surface area contributed by atoms with Crippen molar-refractivity contribution in [3.8, 4) is 0 Å². The van der Waals surface area contributed by atoms with Gasteiger partial charge in [-0.05, 0) is 0 Å². The standard InChI is InChI=1S/C9H10N4O/c1-6-2-10-4-12-8(6)14-9-7(1)3-11-5-13-9/h2-5,8-9H,1H2,(H,10,12)(H,11,13). The summed E-state index contributed by atoms with van der Waals surface area (Å²) in [6.45, 7) is 0. The summed E-state index contributed by atoms with van der Waals surface area (Å²) in [5.41, 5.74) is 2.29. The zero-order valence-electron chi connectivity index (χ0n) is 7.47. The van der Waals surface area contributed by atoms with Gasteiger partial charge in [-0.2, -0.15) is 0 Å². The second-order valence-corrected chi connectivity index (χ2v) is 3.35. The molecule has 5 heteroatoms. The number of nitrogens with one attached hydrogen (secondary N) is 2. The van der Waals surface area contributed by atoms with Gasteiger partial charge >= 0.3 is 0 Å². The molecule has 3 rings (SSSR count). The van der Waals surface area contributed by atoms with Crippen LogP contribution in [-0.2, 0) is 4.74 Å². The molecule has 72 valence electrons. The maximum Gasteiger partial charge on any atom is 0.176 e. The molecule has 0 aromatic carbocycles. The lowest BCUT2D eigenvalue weighted by Crippen LogP contribution is -2.35. The maximum atomic E-state index is 5.68. The highest BCUT2D eigenvalue weighted by molar-refractivity contribution is 5.61. The minimum absolute atomic E-state index is 0.159. The zero-order chi connectivity index (χ0) is 9.38. The van der Waals surface area contributed by atoms with Crippen molar-refractivity contribution in [1.82, 2.24) is 10.6 Å². The first-order valence-electron chi connectivity index (χ1n) is 4.52. The predicted molar refractivity (Wildman–Crippen MR) is 52.7 cm³/mol. The lowest BCUT2D eigenvalue weighted by atomic mass is 10.0. The van der Waals surface area contributed by atoms with Crippen molar-refractivity contribution >= 4 is 12.7 Å². The Morgan fingerprint density at radius 1 is 1.07 bits per heavy atom. The van der Waals surface area contributed by atoms with E-state index in [9.17, 15) is 0 Å². The van der Waals surface area contributed by atoms with Gasteiger partial charge in [0.1, 0.15) is 0 Å².